The van der Waals surface area contributed by atoms with Gasteiger partial charge in [0.1, 0.15) is 0 Å². The normalized spacial score (nSPS) is 12.2. The molecule has 76 valence electrons. The molecule has 1 unspecified atom stereocenters. The van der Waals surface area contributed by atoms with Crippen LogP contribution < -0.4 is 11.1 Å². The van der Waals surface area contributed by atoms with E-state index in [2.05, 4.69) is 10.1 Å². The largest absolute Gasteiger partial charge is 0.469 e. The Morgan fingerprint density at radius 2 is 2.15 bits per heavy atom. The summed E-state index contributed by atoms with van der Waals surface area (Å²) >= 11 is 0. The van der Waals surface area contributed by atoms with Gasteiger partial charge in [0.2, 0.25) is 5.91 Å². The minimum absolute atomic E-state index is 0.211. The molecule has 0 aliphatic heterocycles. The zero-order chi connectivity index (χ0) is 10.3. The molecule has 1 atom stereocenters. The second-order valence-electron chi connectivity index (χ2n) is 2.83. The average Bonchev–Trinajstić information content (AvgIpc) is 2.11. The van der Waals surface area contributed by atoms with Gasteiger partial charge in [-0.05, 0) is 0 Å². The van der Waals surface area contributed by atoms with Crippen molar-refractivity contribution in [1.82, 2.24) is 5.32 Å². The van der Waals surface area contributed by atoms with E-state index in [0.717, 1.165) is 0 Å². The van der Waals surface area contributed by atoms with E-state index in [-0.39, 0.29) is 17.8 Å². The van der Waals surface area contributed by atoms with Crippen molar-refractivity contribution in [1.29, 1.82) is 0 Å². The molecule has 0 saturated carbocycles. The molecule has 0 aromatic rings. The lowest BCUT2D eigenvalue weighted by Crippen LogP contribution is -2.32. The topological polar surface area (TPSA) is 81.4 Å². The number of primary amides is 1. The van der Waals surface area contributed by atoms with Crippen molar-refractivity contribution in [2.24, 2.45) is 11.7 Å². The van der Waals surface area contributed by atoms with Crippen LogP contribution in [-0.4, -0.2) is 32.1 Å². The SMILES string of the molecule is COC(=O)CCNCC(C)C(N)=O. The van der Waals surface area contributed by atoms with Crippen molar-refractivity contribution in [3.8, 4) is 0 Å². The third-order valence-electron chi connectivity index (χ3n) is 1.67. The van der Waals surface area contributed by atoms with Gasteiger partial charge < -0.3 is 15.8 Å². The lowest BCUT2D eigenvalue weighted by atomic mass is 10.2. The van der Waals surface area contributed by atoms with E-state index in [1.54, 1.807) is 6.92 Å². The van der Waals surface area contributed by atoms with Crippen LogP contribution in [0.4, 0.5) is 0 Å². The number of ether oxygens (including phenoxy) is 1. The highest BCUT2D eigenvalue weighted by molar-refractivity contribution is 5.76. The van der Waals surface area contributed by atoms with Gasteiger partial charge in [-0.15, -0.1) is 0 Å². The van der Waals surface area contributed by atoms with Crippen LogP contribution in [0.3, 0.4) is 0 Å². The fourth-order valence-corrected chi connectivity index (χ4v) is 0.712. The monoisotopic (exact) mass is 188 g/mol. The number of amides is 1. The first-order chi connectivity index (χ1) is 6.07. The summed E-state index contributed by atoms with van der Waals surface area (Å²) < 4.78 is 4.43. The van der Waals surface area contributed by atoms with Crippen LogP contribution in [0.5, 0.6) is 0 Å². The molecule has 0 spiro atoms. The highest BCUT2D eigenvalue weighted by Gasteiger charge is 2.07. The first-order valence-electron chi connectivity index (χ1n) is 4.14. The summed E-state index contributed by atoms with van der Waals surface area (Å²) in [5.74, 6) is -0.817. The van der Waals surface area contributed by atoms with Gasteiger partial charge in [0.25, 0.3) is 0 Å². The molecule has 0 aromatic carbocycles. The van der Waals surface area contributed by atoms with E-state index in [0.29, 0.717) is 19.5 Å². The van der Waals surface area contributed by atoms with E-state index >= 15 is 0 Å². The first kappa shape index (κ1) is 11.9. The predicted octanol–water partition coefficient (Wildman–Crippen LogP) is -0.739. The Balaban J connectivity index is 3.35. The third-order valence-corrected chi connectivity index (χ3v) is 1.67. The number of nitrogens with one attached hydrogen (secondary N) is 1. The highest BCUT2D eigenvalue weighted by atomic mass is 16.5. The van der Waals surface area contributed by atoms with Gasteiger partial charge in [-0.25, -0.2) is 0 Å². The third kappa shape index (κ3) is 6.10. The van der Waals surface area contributed by atoms with Gasteiger partial charge in [-0.1, -0.05) is 6.92 Å². The van der Waals surface area contributed by atoms with Crippen molar-refractivity contribution in [3.63, 3.8) is 0 Å². The molecule has 0 saturated heterocycles. The van der Waals surface area contributed by atoms with Gasteiger partial charge in [0, 0.05) is 19.0 Å². The molecule has 0 radical (unpaired) electrons. The van der Waals surface area contributed by atoms with Gasteiger partial charge in [0.05, 0.1) is 13.5 Å². The fourth-order valence-electron chi connectivity index (χ4n) is 0.712. The van der Waals surface area contributed by atoms with Crippen molar-refractivity contribution in [3.05, 3.63) is 0 Å². The van der Waals surface area contributed by atoms with Crippen LogP contribution in [-0.2, 0) is 14.3 Å². The molecule has 5 heteroatoms. The molecule has 13 heavy (non-hydrogen) atoms. The Bertz CT molecular complexity index is 182. The number of nitrogens with two attached hydrogens (primary N) is 1. The minimum Gasteiger partial charge on any atom is -0.469 e. The van der Waals surface area contributed by atoms with Crippen molar-refractivity contribution >= 4 is 11.9 Å². The summed E-state index contributed by atoms with van der Waals surface area (Å²) in [4.78, 5) is 21.2. The average molecular weight is 188 g/mol. The maximum atomic E-state index is 10.6. The lowest BCUT2D eigenvalue weighted by molar-refractivity contribution is -0.140. The zero-order valence-electron chi connectivity index (χ0n) is 8.00. The second-order valence-corrected chi connectivity index (χ2v) is 2.83. The summed E-state index contributed by atoms with van der Waals surface area (Å²) in [5, 5.41) is 2.93. The second kappa shape index (κ2) is 6.42. The summed E-state index contributed by atoms with van der Waals surface area (Å²) in [6.45, 7) is 2.73. The fraction of sp³-hybridized carbons (Fsp3) is 0.750. The van der Waals surface area contributed by atoms with Crippen molar-refractivity contribution in [2.75, 3.05) is 20.2 Å². The smallest absolute Gasteiger partial charge is 0.306 e. The highest BCUT2D eigenvalue weighted by Crippen LogP contribution is 1.89. The summed E-state index contributed by atoms with van der Waals surface area (Å²) in [5.41, 5.74) is 5.03. The number of carbonyl (C=O) groups is 2. The number of hydrogen-bond donors (Lipinski definition) is 2. The maximum absolute atomic E-state index is 10.6. The molecule has 0 fully saturated rings. The van der Waals surface area contributed by atoms with Gasteiger partial charge in [0.15, 0.2) is 0 Å². The molecule has 1 amide bonds. The molecular formula is C8H16N2O3. The molecular weight excluding hydrogens is 172 g/mol. The van der Waals surface area contributed by atoms with Crippen LogP contribution in [0.15, 0.2) is 0 Å². The lowest BCUT2D eigenvalue weighted by Gasteiger charge is -2.07. The van der Waals surface area contributed by atoms with Crippen LogP contribution in [0.25, 0.3) is 0 Å². The Morgan fingerprint density at radius 3 is 2.62 bits per heavy atom. The maximum Gasteiger partial charge on any atom is 0.306 e. The number of carbonyl (C=O) groups excluding carboxylic acids is 2. The number of rotatable bonds is 6. The minimum atomic E-state index is -0.342. The first-order valence-corrected chi connectivity index (χ1v) is 4.14. The zero-order valence-corrected chi connectivity index (χ0v) is 8.00. The van der Waals surface area contributed by atoms with E-state index in [1.165, 1.54) is 7.11 Å². The number of methoxy groups -OCH3 is 1. The Kier molecular flexibility index (Phi) is 5.88. The Hall–Kier alpha value is -1.10. The van der Waals surface area contributed by atoms with Crippen LogP contribution >= 0.6 is 0 Å². The van der Waals surface area contributed by atoms with Gasteiger partial charge in [-0.3, -0.25) is 9.59 Å². The van der Waals surface area contributed by atoms with Crippen LogP contribution in [0, 0.1) is 5.92 Å². The van der Waals surface area contributed by atoms with Crippen molar-refractivity contribution < 1.29 is 14.3 Å². The van der Waals surface area contributed by atoms with E-state index < -0.39 is 0 Å². The predicted molar refractivity (Wildman–Crippen MR) is 47.9 cm³/mol. The molecule has 0 heterocycles. The van der Waals surface area contributed by atoms with E-state index in [1.807, 2.05) is 0 Å². The van der Waals surface area contributed by atoms with Crippen LogP contribution in [0.2, 0.25) is 0 Å². The van der Waals surface area contributed by atoms with E-state index in [4.69, 9.17) is 5.73 Å². The van der Waals surface area contributed by atoms with E-state index in [9.17, 15) is 9.59 Å². The summed E-state index contributed by atoms with van der Waals surface area (Å²) in [7, 11) is 1.34. The number of hydrogen-bond acceptors (Lipinski definition) is 4. The molecule has 0 rings (SSSR count). The molecule has 5 nitrogen and oxygen atoms in total. The van der Waals surface area contributed by atoms with Gasteiger partial charge in [-0.2, -0.15) is 0 Å². The molecule has 0 aromatic heterocycles. The Morgan fingerprint density at radius 1 is 1.54 bits per heavy atom. The summed E-state index contributed by atoms with van der Waals surface area (Å²) in [6, 6.07) is 0. The van der Waals surface area contributed by atoms with Crippen molar-refractivity contribution in [2.45, 2.75) is 13.3 Å². The van der Waals surface area contributed by atoms with Crippen LogP contribution in [0.1, 0.15) is 13.3 Å². The molecule has 0 aliphatic carbocycles. The van der Waals surface area contributed by atoms with Gasteiger partial charge >= 0.3 is 5.97 Å². The quantitative estimate of drug-likeness (QED) is 0.425. The molecule has 0 aliphatic rings. The standard InChI is InChI=1S/C8H16N2O3/c1-6(8(9)12)5-10-4-3-7(11)13-2/h6,10H,3-5H2,1-2H3,(H2,9,12). The Labute approximate surface area is 77.6 Å². The molecule has 0 bridgehead atoms. The summed E-state index contributed by atoms with van der Waals surface area (Å²) in [6.07, 6.45) is 0.308. The number of esters is 1. The molecule has 3 N–H and O–H groups in total.